The third-order valence-electron chi connectivity index (χ3n) is 2.98. The minimum Gasteiger partial charge on any atom is -0.359 e. The molecule has 1 aromatic rings. The molecule has 1 heterocycles. The van der Waals surface area contributed by atoms with Crippen molar-refractivity contribution in [3.8, 4) is 0 Å². The van der Waals surface area contributed by atoms with E-state index in [9.17, 15) is 0 Å². The number of benzene rings is 1. The van der Waals surface area contributed by atoms with E-state index in [1.54, 1.807) is 0 Å². The number of para-hydroxylation sites is 1. The number of nitrogens with one attached hydrogen (secondary N) is 1. The maximum absolute atomic E-state index is 5.70. The van der Waals surface area contributed by atoms with Crippen LogP contribution in [0.15, 0.2) is 24.3 Å². The topological polar surface area (TPSA) is 24.5 Å². The Morgan fingerprint density at radius 3 is 3.00 bits per heavy atom. The van der Waals surface area contributed by atoms with Crippen molar-refractivity contribution in [1.29, 1.82) is 0 Å². The van der Waals surface area contributed by atoms with Gasteiger partial charge < -0.3 is 10.1 Å². The van der Waals surface area contributed by atoms with Gasteiger partial charge in [0.2, 0.25) is 0 Å². The Balaban J connectivity index is 2.02. The van der Waals surface area contributed by atoms with Crippen LogP contribution in [-0.2, 0) is 11.2 Å². The predicted octanol–water partition coefficient (Wildman–Crippen LogP) is 1.95. The molecule has 0 bridgehead atoms. The van der Waals surface area contributed by atoms with Crippen LogP contribution in [0.5, 0.6) is 0 Å². The zero-order valence-electron chi connectivity index (χ0n) is 10.1. The maximum atomic E-state index is 5.70. The molecule has 1 fully saturated rings. The smallest absolute Gasteiger partial charge is 0.140 e. The molecule has 0 aliphatic carbocycles. The van der Waals surface area contributed by atoms with E-state index < -0.39 is 0 Å². The summed E-state index contributed by atoms with van der Waals surface area (Å²) in [5.74, 6) is 0. The summed E-state index contributed by atoms with van der Waals surface area (Å²) in [5, 5.41) is 3.47. The third-order valence-corrected chi connectivity index (χ3v) is 2.98. The summed E-state index contributed by atoms with van der Waals surface area (Å²) in [7, 11) is 2.13. The van der Waals surface area contributed by atoms with Crippen molar-refractivity contribution in [2.24, 2.45) is 0 Å². The molecule has 0 aromatic heterocycles. The van der Waals surface area contributed by atoms with E-state index >= 15 is 0 Å². The zero-order valence-corrected chi connectivity index (χ0v) is 10.1. The van der Waals surface area contributed by atoms with Crippen LogP contribution in [0.3, 0.4) is 0 Å². The lowest BCUT2D eigenvalue weighted by molar-refractivity contribution is -0.00356. The Morgan fingerprint density at radius 1 is 1.44 bits per heavy atom. The highest BCUT2D eigenvalue weighted by molar-refractivity contribution is 5.51. The highest BCUT2D eigenvalue weighted by Crippen LogP contribution is 2.17. The van der Waals surface area contributed by atoms with E-state index in [0.717, 1.165) is 26.1 Å². The Labute approximate surface area is 97.4 Å². The van der Waals surface area contributed by atoms with Crippen LogP contribution in [0.4, 0.5) is 5.69 Å². The molecule has 0 amide bonds. The first-order chi connectivity index (χ1) is 7.79. The van der Waals surface area contributed by atoms with E-state index in [-0.39, 0.29) is 6.23 Å². The average molecular weight is 220 g/mol. The summed E-state index contributed by atoms with van der Waals surface area (Å²) >= 11 is 0. The van der Waals surface area contributed by atoms with Crippen molar-refractivity contribution >= 4 is 5.69 Å². The number of ether oxygens (including phenoxy) is 1. The monoisotopic (exact) mass is 220 g/mol. The maximum Gasteiger partial charge on any atom is 0.140 e. The van der Waals surface area contributed by atoms with Crippen molar-refractivity contribution in [2.45, 2.75) is 19.6 Å². The second-order valence-corrected chi connectivity index (χ2v) is 4.28. The molecule has 3 nitrogen and oxygen atoms in total. The number of hydrogen-bond donors (Lipinski definition) is 1. The fourth-order valence-corrected chi connectivity index (χ4v) is 2.01. The lowest BCUT2D eigenvalue weighted by Crippen LogP contribution is -2.44. The fraction of sp³-hybridized carbons (Fsp3) is 0.538. The SMILES string of the molecule is CCc1ccccc1NC1CN(C)CCO1. The lowest BCUT2D eigenvalue weighted by Gasteiger charge is -2.31. The zero-order chi connectivity index (χ0) is 11.4. The van der Waals surface area contributed by atoms with Gasteiger partial charge in [-0.2, -0.15) is 0 Å². The van der Waals surface area contributed by atoms with Crippen LogP contribution in [0, 0.1) is 0 Å². The number of hydrogen-bond acceptors (Lipinski definition) is 3. The molecular formula is C13H20N2O. The minimum absolute atomic E-state index is 0.117. The first-order valence-corrected chi connectivity index (χ1v) is 5.94. The van der Waals surface area contributed by atoms with E-state index in [2.05, 4.69) is 48.5 Å². The highest BCUT2D eigenvalue weighted by Gasteiger charge is 2.17. The molecule has 1 aliphatic heterocycles. The Hall–Kier alpha value is -1.06. The fourth-order valence-electron chi connectivity index (χ4n) is 2.01. The molecule has 0 saturated carbocycles. The summed E-state index contributed by atoms with van der Waals surface area (Å²) in [6.07, 6.45) is 1.16. The summed E-state index contributed by atoms with van der Waals surface area (Å²) in [4.78, 5) is 2.29. The highest BCUT2D eigenvalue weighted by atomic mass is 16.5. The number of rotatable bonds is 3. The van der Waals surface area contributed by atoms with Gasteiger partial charge in [-0.1, -0.05) is 25.1 Å². The molecule has 88 valence electrons. The first-order valence-electron chi connectivity index (χ1n) is 5.94. The molecular weight excluding hydrogens is 200 g/mol. The van der Waals surface area contributed by atoms with Crippen LogP contribution in [-0.4, -0.2) is 37.9 Å². The second-order valence-electron chi connectivity index (χ2n) is 4.28. The van der Waals surface area contributed by atoms with E-state index in [1.807, 2.05) is 0 Å². The van der Waals surface area contributed by atoms with Crippen molar-refractivity contribution in [1.82, 2.24) is 4.90 Å². The van der Waals surface area contributed by atoms with Crippen LogP contribution < -0.4 is 5.32 Å². The molecule has 2 rings (SSSR count). The average Bonchev–Trinajstić information content (AvgIpc) is 2.30. The van der Waals surface area contributed by atoms with Crippen LogP contribution >= 0.6 is 0 Å². The number of morpholine rings is 1. The van der Waals surface area contributed by atoms with Gasteiger partial charge in [0.25, 0.3) is 0 Å². The van der Waals surface area contributed by atoms with Gasteiger partial charge in [-0.3, -0.25) is 4.90 Å². The number of aryl methyl sites for hydroxylation is 1. The van der Waals surface area contributed by atoms with Gasteiger partial charge in [0.15, 0.2) is 0 Å². The molecule has 1 unspecified atom stereocenters. The number of likely N-dealkylation sites (N-methyl/N-ethyl adjacent to an activating group) is 1. The Morgan fingerprint density at radius 2 is 2.25 bits per heavy atom. The van der Waals surface area contributed by atoms with Crippen molar-refractivity contribution in [3.63, 3.8) is 0 Å². The number of nitrogens with zero attached hydrogens (tertiary/aromatic N) is 1. The van der Waals surface area contributed by atoms with Crippen molar-refractivity contribution in [2.75, 3.05) is 32.1 Å². The van der Waals surface area contributed by atoms with E-state index in [0.29, 0.717) is 0 Å². The summed E-state index contributed by atoms with van der Waals surface area (Å²) in [5.41, 5.74) is 2.55. The van der Waals surface area contributed by atoms with Crippen LogP contribution in [0.2, 0.25) is 0 Å². The van der Waals surface area contributed by atoms with Crippen LogP contribution in [0.1, 0.15) is 12.5 Å². The summed E-state index contributed by atoms with van der Waals surface area (Å²) in [6, 6.07) is 8.43. The van der Waals surface area contributed by atoms with E-state index in [1.165, 1.54) is 11.3 Å². The third kappa shape index (κ3) is 2.74. The molecule has 3 heteroatoms. The van der Waals surface area contributed by atoms with Gasteiger partial charge >= 0.3 is 0 Å². The van der Waals surface area contributed by atoms with Gasteiger partial charge in [-0.05, 0) is 25.1 Å². The van der Waals surface area contributed by atoms with Gasteiger partial charge in [-0.15, -0.1) is 0 Å². The van der Waals surface area contributed by atoms with Crippen molar-refractivity contribution in [3.05, 3.63) is 29.8 Å². The van der Waals surface area contributed by atoms with Gasteiger partial charge in [0.05, 0.1) is 6.61 Å². The second kappa shape index (κ2) is 5.32. The molecule has 0 spiro atoms. The van der Waals surface area contributed by atoms with Gasteiger partial charge in [-0.25, -0.2) is 0 Å². The molecule has 16 heavy (non-hydrogen) atoms. The van der Waals surface area contributed by atoms with E-state index in [4.69, 9.17) is 4.74 Å². The predicted molar refractivity (Wildman–Crippen MR) is 66.7 cm³/mol. The molecule has 1 aliphatic rings. The number of anilines is 1. The van der Waals surface area contributed by atoms with Gasteiger partial charge in [0.1, 0.15) is 6.23 Å². The van der Waals surface area contributed by atoms with Crippen LogP contribution in [0.25, 0.3) is 0 Å². The lowest BCUT2D eigenvalue weighted by atomic mass is 10.1. The standard InChI is InChI=1S/C13H20N2O/c1-3-11-6-4-5-7-12(11)14-13-10-15(2)8-9-16-13/h4-7,13-14H,3,8-10H2,1-2H3. The minimum atomic E-state index is 0.117. The Kier molecular flexibility index (Phi) is 3.80. The molecule has 1 N–H and O–H groups in total. The molecule has 1 atom stereocenters. The first kappa shape index (κ1) is 11.4. The normalized spacial score (nSPS) is 22.0. The molecule has 1 aromatic carbocycles. The van der Waals surface area contributed by atoms with Crippen molar-refractivity contribution < 1.29 is 4.74 Å². The van der Waals surface area contributed by atoms with Gasteiger partial charge in [0, 0.05) is 18.8 Å². The molecule has 0 radical (unpaired) electrons. The summed E-state index contributed by atoms with van der Waals surface area (Å²) < 4.78 is 5.70. The largest absolute Gasteiger partial charge is 0.359 e. The summed E-state index contributed by atoms with van der Waals surface area (Å²) in [6.45, 7) is 4.95. The Bertz CT molecular complexity index is 340. The quantitative estimate of drug-likeness (QED) is 0.842. The molecule has 1 saturated heterocycles.